The first-order chi connectivity index (χ1) is 16.0. The number of allylic oxidation sites excluding steroid dienone is 3. The number of amides is 1. The minimum absolute atomic E-state index is 0.0504. The number of hydrogen-bond acceptors (Lipinski definition) is 4. The number of hydrogen-bond donors (Lipinski definition) is 2. The van der Waals surface area contributed by atoms with E-state index in [1.54, 1.807) is 0 Å². The molecule has 0 unspecified atom stereocenters. The van der Waals surface area contributed by atoms with E-state index in [0.29, 0.717) is 49.1 Å². The molecule has 0 aromatic rings. The lowest BCUT2D eigenvalue weighted by atomic mass is 9.47. The fourth-order valence-corrected chi connectivity index (χ4v) is 8.03. The molecule has 0 heterocycles. The molecule has 4 rings (SSSR count). The molecule has 0 radical (unpaired) electrons. The number of fused-ring (bicyclic) bond motifs is 5. The van der Waals surface area contributed by atoms with Gasteiger partial charge in [-0.15, -0.1) is 0 Å². The van der Waals surface area contributed by atoms with Crippen LogP contribution in [0.2, 0.25) is 0 Å². The molecule has 2 N–H and O–H groups in total. The number of aliphatic hydroxyl groups excluding tert-OH is 1. The van der Waals surface area contributed by atoms with Gasteiger partial charge in [0.25, 0.3) is 0 Å². The van der Waals surface area contributed by atoms with E-state index < -0.39 is 0 Å². The standard InChI is InChI=1S/C29H43NO4/c1-17(16-30-19(3)31)6-9-25(33)18(2)27-26(34)15-24-22-8-7-20-14-21(32)10-12-28(20,4)23(22)11-13-29(24,27)5/h7,17,21-24,32H,6,8-16H2,1-5H3,(H,30,31)/b27-18+/t17-,21+,22+,23-,24+,28+,29+/m1/s1. The first-order valence-electron chi connectivity index (χ1n) is 13.4. The largest absolute Gasteiger partial charge is 0.393 e. The van der Waals surface area contributed by atoms with Crippen molar-refractivity contribution in [3.63, 3.8) is 0 Å². The van der Waals surface area contributed by atoms with Gasteiger partial charge in [-0.05, 0) is 91.9 Å². The summed E-state index contributed by atoms with van der Waals surface area (Å²) >= 11 is 0. The van der Waals surface area contributed by atoms with Crippen molar-refractivity contribution >= 4 is 17.5 Å². The van der Waals surface area contributed by atoms with Crippen LogP contribution in [0.1, 0.15) is 92.4 Å². The van der Waals surface area contributed by atoms with Crippen LogP contribution >= 0.6 is 0 Å². The zero-order valence-electron chi connectivity index (χ0n) is 21.7. The van der Waals surface area contributed by atoms with Gasteiger partial charge in [-0.3, -0.25) is 14.4 Å². The van der Waals surface area contributed by atoms with Crippen LogP contribution in [-0.2, 0) is 14.4 Å². The van der Waals surface area contributed by atoms with E-state index in [4.69, 9.17) is 0 Å². The molecule has 0 aromatic carbocycles. The number of carbonyl (C=O) groups is 3. The summed E-state index contributed by atoms with van der Waals surface area (Å²) in [6.07, 6.45) is 9.64. The molecule has 188 valence electrons. The zero-order chi connectivity index (χ0) is 24.8. The molecule has 1 amide bonds. The van der Waals surface area contributed by atoms with Crippen LogP contribution in [-0.4, -0.2) is 35.2 Å². The van der Waals surface area contributed by atoms with Crippen molar-refractivity contribution in [3.8, 4) is 0 Å². The molecular formula is C29H43NO4. The Morgan fingerprint density at radius 2 is 1.82 bits per heavy atom. The van der Waals surface area contributed by atoms with Crippen LogP contribution < -0.4 is 5.32 Å². The molecule has 3 saturated carbocycles. The Morgan fingerprint density at radius 3 is 2.53 bits per heavy atom. The molecule has 4 aliphatic rings. The third-order valence-corrected chi connectivity index (χ3v) is 10.1. The fourth-order valence-electron chi connectivity index (χ4n) is 8.03. The number of ketones is 2. The summed E-state index contributed by atoms with van der Waals surface area (Å²) in [7, 11) is 0. The number of carbonyl (C=O) groups excluding carboxylic acids is 3. The summed E-state index contributed by atoms with van der Waals surface area (Å²) in [5, 5.41) is 13.0. The quantitative estimate of drug-likeness (QED) is 0.427. The molecule has 0 aliphatic heterocycles. The van der Waals surface area contributed by atoms with Crippen LogP contribution in [0, 0.1) is 34.5 Å². The molecule has 5 heteroatoms. The third-order valence-electron chi connectivity index (χ3n) is 10.1. The van der Waals surface area contributed by atoms with Gasteiger partial charge in [-0.1, -0.05) is 32.4 Å². The van der Waals surface area contributed by atoms with Crippen molar-refractivity contribution in [3.05, 3.63) is 22.8 Å². The highest BCUT2D eigenvalue weighted by atomic mass is 16.3. The van der Waals surface area contributed by atoms with Crippen molar-refractivity contribution < 1.29 is 19.5 Å². The topological polar surface area (TPSA) is 83.5 Å². The smallest absolute Gasteiger partial charge is 0.216 e. The highest BCUT2D eigenvalue weighted by Gasteiger charge is 2.59. The van der Waals surface area contributed by atoms with E-state index in [1.807, 2.05) is 13.8 Å². The summed E-state index contributed by atoms with van der Waals surface area (Å²) in [5.41, 5.74) is 2.87. The molecule has 0 bridgehead atoms. The maximum absolute atomic E-state index is 13.4. The Morgan fingerprint density at radius 1 is 1.12 bits per heavy atom. The van der Waals surface area contributed by atoms with E-state index in [9.17, 15) is 19.5 Å². The first kappa shape index (κ1) is 25.3. The first-order valence-corrected chi connectivity index (χ1v) is 13.4. The summed E-state index contributed by atoms with van der Waals surface area (Å²) in [5.74, 6) is 1.79. The second-order valence-electron chi connectivity index (χ2n) is 12.2. The van der Waals surface area contributed by atoms with Gasteiger partial charge in [-0.25, -0.2) is 0 Å². The van der Waals surface area contributed by atoms with E-state index in [2.05, 4.69) is 25.2 Å². The lowest BCUT2D eigenvalue weighted by Crippen LogP contribution is -2.49. The SMILES string of the molecule is CC(=O)NC[C@H](C)CCC(=O)/C(C)=C1\C(=O)C[C@H]2[C@H]3CC=C4C[C@@H](O)CC[C@]4(C)[C@@H]3CC[C@]12C. The average molecular weight is 470 g/mol. The van der Waals surface area contributed by atoms with Gasteiger partial charge in [0.15, 0.2) is 11.6 Å². The van der Waals surface area contributed by atoms with Crippen molar-refractivity contribution in [2.45, 2.75) is 98.5 Å². The molecule has 0 saturated heterocycles. The van der Waals surface area contributed by atoms with Gasteiger partial charge in [0.2, 0.25) is 5.91 Å². The third kappa shape index (κ3) is 4.34. The van der Waals surface area contributed by atoms with Crippen molar-refractivity contribution in [2.24, 2.45) is 34.5 Å². The van der Waals surface area contributed by atoms with Crippen molar-refractivity contribution in [1.82, 2.24) is 5.32 Å². The van der Waals surface area contributed by atoms with Gasteiger partial charge in [-0.2, -0.15) is 0 Å². The number of rotatable bonds is 6. The van der Waals surface area contributed by atoms with Gasteiger partial charge < -0.3 is 10.4 Å². The normalized spacial score (nSPS) is 39.4. The Kier molecular flexibility index (Phi) is 6.98. The minimum Gasteiger partial charge on any atom is -0.393 e. The molecule has 7 atom stereocenters. The van der Waals surface area contributed by atoms with Gasteiger partial charge >= 0.3 is 0 Å². The predicted molar refractivity (Wildman–Crippen MR) is 133 cm³/mol. The molecule has 0 aromatic heterocycles. The van der Waals surface area contributed by atoms with Gasteiger partial charge in [0.1, 0.15) is 0 Å². The van der Waals surface area contributed by atoms with Crippen LogP contribution in [0.3, 0.4) is 0 Å². The fraction of sp³-hybridized carbons (Fsp3) is 0.759. The summed E-state index contributed by atoms with van der Waals surface area (Å²) in [4.78, 5) is 37.7. The molecule has 5 nitrogen and oxygen atoms in total. The van der Waals surface area contributed by atoms with Crippen LogP contribution in [0.5, 0.6) is 0 Å². The molecule has 34 heavy (non-hydrogen) atoms. The number of aliphatic hydroxyl groups is 1. The number of Topliss-reactive ketones (excluding diaryl/α,β-unsaturated/α-hetero) is 2. The minimum atomic E-state index is -0.213. The van der Waals surface area contributed by atoms with Gasteiger partial charge in [0, 0.05) is 31.9 Å². The monoisotopic (exact) mass is 469 g/mol. The Labute approximate surface area is 204 Å². The van der Waals surface area contributed by atoms with Gasteiger partial charge in [0.05, 0.1) is 6.10 Å². The van der Waals surface area contributed by atoms with E-state index in [0.717, 1.165) is 44.1 Å². The van der Waals surface area contributed by atoms with E-state index >= 15 is 0 Å². The lowest BCUT2D eigenvalue weighted by molar-refractivity contribution is -0.119. The van der Waals surface area contributed by atoms with Crippen LogP contribution in [0.4, 0.5) is 0 Å². The highest BCUT2D eigenvalue weighted by Crippen LogP contribution is 2.65. The van der Waals surface area contributed by atoms with Crippen LogP contribution in [0.25, 0.3) is 0 Å². The van der Waals surface area contributed by atoms with Crippen molar-refractivity contribution in [2.75, 3.05) is 6.54 Å². The Balaban J connectivity index is 1.52. The predicted octanol–water partition coefficient (Wildman–Crippen LogP) is 4.93. The maximum atomic E-state index is 13.4. The Bertz CT molecular complexity index is 932. The molecule has 3 fully saturated rings. The second kappa shape index (κ2) is 9.37. The average Bonchev–Trinajstić information content (AvgIpc) is 3.05. The second-order valence-corrected chi connectivity index (χ2v) is 12.2. The lowest BCUT2D eigenvalue weighted by Gasteiger charge is -2.57. The molecule has 4 aliphatic carbocycles. The van der Waals surface area contributed by atoms with Crippen LogP contribution in [0.15, 0.2) is 22.8 Å². The Hall–Kier alpha value is -1.75. The zero-order valence-corrected chi connectivity index (χ0v) is 21.7. The van der Waals surface area contributed by atoms with E-state index in [-0.39, 0.29) is 40.3 Å². The van der Waals surface area contributed by atoms with E-state index in [1.165, 1.54) is 12.5 Å². The summed E-state index contributed by atoms with van der Waals surface area (Å²) in [6, 6.07) is 0. The molecule has 0 spiro atoms. The summed E-state index contributed by atoms with van der Waals surface area (Å²) in [6.45, 7) is 10.6. The summed E-state index contributed by atoms with van der Waals surface area (Å²) < 4.78 is 0. The maximum Gasteiger partial charge on any atom is 0.216 e. The highest BCUT2D eigenvalue weighted by molar-refractivity contribution is 6.08. The van der Waals surface area contributed by atoms with Crippen molar-refractivity contribution in [1.29, 1.82) is 0 Å². The molecular weight excluding hydrogens is 426 g/mol. The number of nitrogens with one attached hydrogen (secondary N) is 1.